The maximum atomic E-state index is 13.6. The van der Waals surface area contributed by atoms with Gasteiger partial charge in [-0.25, -0.2) is 13.8 Å². The number of nitrogens with zero attached hydrogens (tertiary/aromatic N) is 3. The highest BCUT2D eigenvalue weighted by atomic mass is 19.1. The zero-order valence-electron chi connectivity index (χ0n) is 21.8. The first kappa shape index (κ1) is 27.0. The van der Waals surface area contributed by atoms with Crippen LogP contribution in [-0.4, -0.2) is 59.2 Å². The fraction of sp³-hybridized carbons (Fsp3) is 0.233. The summed E-state index contributed by atoms with van der Waals surface area (Å²) < 4.78 is 39.7. The van der Waals surface area contributed by atoms with Gasteiger partial charge in [0.25, 0.3) is 5.91 Å². The van der Waals surface area contributed by atoms with E-state index >= 15 is 0 Å². The molecule has 2 amide bonds. The number of imidazole rings is 1. The average molecular weight is 547 g/mol. The maximum Gasteiger partial charge on any atom is 0.254 e. The van der Waals surface area contributed by atoms with Crippen LogP contribution in [0, 0.1) is 11.6 Å². The fourth-order valence-corrected chi connectivity index (χ4v) is 4.53. The van der Waals surface area contributed by atoms with Gasteiger partial charge in [0.05, 0.1) is 18.9 Å². The molecule has 40 heavy (non-hydrogen) atoms. The summed E-state index contributed by atoms with van der Waals surface area (Å²) in [6.07, 6.45) is 3.19. The summed E-state index contributed by atoms with van der Waals surface area (Å²) in [5.41, 5.74) is 2.20. The molecule has 2 heterocycles. The summed E-state index contributed by atoms with van der Waals surface area (Å²) in [7, 11) is 1.58. The van der Waals surface area contributed by atoms with Crippen molar-refractivity contribution >= 4 is 17.8 Å². The summed E-state index contributed by atoms with van der Waals surface area (Å²) in [6.45, 7) is 0.538. The van der Waals surface area contributed by atoms with Gasteiger partial charge >= 0.3 is 0 Å². The molecule has 1 aliphatic rings. The van der Waals surface area contributed by atoms with Crippen molar-refractivity contribution in [2.75, 3.05) is 32.1 Å². The number of methoxy groups -OCH3 is 1. The molecule has 1 fully saturated rings. The minimum absolute atomic E-state index is 0.194. The molecule has 5 rings (SSSR count). The normalized spacial score (nSPS) is 14.6. The lowest BCUT2D eigenvalue weighted by Crippen LogP contribution is -2.42. The minimum atomic E-state index is -0.483. The SMILES string of the molecule is COc1ccc(-c2cn(-c3ccc(F)cc3)c(NC(=O)CN(C[C@@H]3CCCO3)C(=O)c3ccc(F)cc3)n2)cc1. The van der Waals surface area contributed by atoms with Crippen LogP contribution in [0.25, 0.3) is 16.9 Å². The molecule has 3 aromatic carbocycles. The molecule has 0 aliphatic carbocycles. The summed E-state index contributed by atoms with van der Waals surface area (Å²) in [5, 5.41) is 2.81. The zero-order chi connectivity index (χ0) is 28.1. The second-order valence-electron chi connectivity index (χ2n) is 9.40. The molecule has 1 N–H and O–H groups in total. The van der Waals surface area contributed by atoms with Gasteiger partial charge in [0.1, 0.15) is 23.9 Å². The molecule has 1 aromatic heterocycles. The Morgan fingerprint density at radius 1 is 1.02 bits per heavy atom. The largest absolute Gasteiger partial charge is 0.497 e. The van der Waals surface area contributed by atoms with E-state index in [1.807, 2.05) is 12.1 Å². The van der Waals surface area contributed by atoms with Crippen LogP contribution in [-0.2, 0) is 9.53 Å². The number of rotatable bonds is 9. The Morgan fingerprint density at radius 3 is 2.33 bits per heavy atom. The highest BCUT2D eigenvalue weighted by Gasteiger charge is 2.26. The third-order valence-electron chi connectivity index (χ3n) is 6.61. The summed E-state index contributed by atoms with van der Waals surface area (Å²) >= 11 is 0. The quantitative estimate of drug-likeness (QED) is 0.316. The number of benzene rings is 3. The molecule has 0 radical (unpaired) electrons. The van der Waals surface area contributed by atoms with Crippen LogP contribution in [0.15, 0.2) is 79.0 Å². The van der Waals surface area contributed by atoms with Crippen molar-refractivity contribution in [3.05, 3.63) is 96.2 Å². The Balaban J connectivity index is 1.41. The van der Waals surface area contributed by atoms with Gasteiger partial charge in [0.15, 0.2) is 0 Å². The Morgan fingerprint density at radius 2 is 1.70 bits per heavy atom. The topological polar surface area (TPSA) is 85.7 Å². The Hall–Kier alpha value is -4.57. The highest BCUT2D eigenvalue weighted by molar-refractivity contribution is 5.99. The summed E-state index contributed by atoms with van der Waals surface area (Å²) in [4.78, 5) is 32.6. The van der Waals surface area contributed by atoms with E-state index in [0.717, 1.165) is 18.4 Å². The van der Waals surface area contributed by atoms with Gasteiger partial charge in [-0.05, 0) is 85.6 Å². The third kappa shape index (κ3) is 6.35. The lowest BCUT2D eigenvalue weighted by Gasteiger charge is -2.25. The molecule has 1 saturated heterocycles. The van der Waals surface area contributed by atoms with E-state index < -0.39 is 23.4 Å². The number of hydrogen-bond donors (Lipinski definition) is 1. The Bertz CT molecular complexity index is 1470. The fourth-order valence-electron chi connectivity index (χ4n) is 4.53. The molecule has 0 bridgehead atoms. The van der Waals surface area contributed by atoms with Crippen LogP contribution in [0.5, 0.6) is 5.75 Å². The zero-order valence-corrected chi connectivity index (χ0v) is 21.8. The first-order valence-electron chi connectivity index (χ1n) is 12.9. The van der Waals surface area contributed by atoms with Gasteiger partial charge in [0, 0.05) is 36.2 Å². The molecular formula is C30H28F2N4O4. The number of amides is 2. The van der Waals surface area contributed by atoms with Gasteiger partial charge < -0.3 is 14.4 Å². The number of nitrogens with one attached hydrogen (secondary N) is 1. The molecule has 4 aromatic rings. The number of hydrogen-bond acceptors (Lipinski definition) is 5. The summed E-state index contributed by atoms with van der Waals surface area (Å²) in [5.74, 6) is -0.856. The first-order chi connectivity index (χ1) is 19.4. The van der Waals surface area contributed by atoms with E-state index in [9.17, 15) is 18.4 Å². The lowest BCUT2D eigenvalue weighted by atomic mass is 10.1. The van der Waals surface area contributed by atoms with Crippen LogP contribution in [0.1, 0.15) is 23.2 Å². The van der Waals surface area contributed by atoms with E-state index in [4.69, 9.17) is 9.47 Å². The predicted molar refractivity (Wildman–Crippen MR) is 145 cm³/mol. The van der Waals surface area contributed by atoms with Gasteiger partial charge in [0.2, 0.25) is 11.9 Å². The van der Waals surface area contributed by atoms with Crippen molar-refractivity contribution in [3.63, 3.8) is 0 Å². The van der Waals surface area contributed by atoms with Crippen molar-refractivity contribution < 1.29 is 27.8 Å². The molecule has 206 valence electrons. The molecule has 0 saturated carbocycles. The van der Waals surface area contributed by atoms with Gasteiger partial charge in [-0.2, -0.15) is 0 Å². The Labute approximate surface area is 230 Å². The molecular weight excluding hydrogens is 518 g/mol. The number of aromatic nitrogens is 2. The van der Waals surface area contributed by atoms with E-state index in [1.54, 1.807) is 42.1 Å². The van der Waals surface area contributed by atoms with Crippen molar-refractivity contribution in [2.24, 2.45) is 0 Å². The molecule has 10 heteroatoms. The average Bonchev–Trinajstić information content (AvgIpc) is 3.63. The van der Waals surface area contributed by atoms with E-state index in [0.29, 0.717) is 23.7 Å². The summed E-state index contributed by atoms with van der Waals surface area (Å²) in [6, 6.07) is 18.3. The minimum Gasteiger partial charge on any atom is -0.497 e. The van der Waals surface area contributed by atoms with Gasteiger partial charge in [-0.15, -0.1) is 0 Å². The number of carbonyl (C=O) groups excluding carboxylic acids is 2. The van der Waals surface area contributed by atoms with Crippen molar-refractivity contribution in [3.8, 4) is 22.7 Å². The molecule has 0 spiro atoms. The maximum absolute atomic E-state index is 13.6. The highest BCUT2D eigenvalue weighted by Crippen LogP contribution is 2.26. The number of carbonyl (C=O) groups is 2. The standard InChI is InChI=1S/C30H28F2N4O4/c1-39-25-14-6-20(7-15-25)27-18-36(24-12-10-23(32)11-13-24)30(33-27)34-28(37)19-35(17-26-3-2-16-40-26)29(38)21-4-8-22(31)9-5-21/h4-15,18,26H,2-3,16-17,19H2,1H3,(H,33,34,37)/t26-/m0/s1. The third-order valence-corrected chi connectivity index (χ3v) is 6.61. The van der Waals surface area contributed by atoms with Gasteiger partial charge in [-0.3, -0.25) is 19.5 Å². The first-order valence-corrected chi connectivity index (χ1v) is 12.9. The second kappa shape index (κ2) is 12.1. The van der Waals surface area contributed by atoms with Crippen LogP contribution in [0.2, 0.25) is 0 Å². The monoisotopic (exact) mass is 546 g/mol. The number of halogens is 2. The molecule has 0 unspecified atom stereocenters. The Kier molecular flexibility index (Phi) is 8.16. The molecule has 1 atom stereocenters. The van der Waals surface area contributed by atoms with E-state index in [2.05, 4.69) is 10.3 Å². The van der Waals surface area contributed by atoms with Crippen LogP contribution < -0.4 is 10.1 Å². The van der Waals surface area contributed by atoms with Crippen LogP contribution in [0.4, 0.5) is 14.7 Å². The second-order valence-corrected chi connectivity index (χ2v) is 9.40. The predicted octanol–water partition coefficient (Wildman–Crippen LogP) is 5.09. The molecule has 8 nitrogen and oxygen atoms in total. The number of anilines is 1. The van der Waals surface area contributed by atoms with Crippen molar-refractivity contribution in [1.82, 2.24) is 14.5 Å². The van der Waals surface area contributed by atoms with E-state index in [1.165, 1.54) is 41.3 Å². The lowest BCUT2D eigenvalue weighted by molar-refractivity contribution is -0.117. The number of ether oxygens (including phenoxy) is 2. The van der Waals surface area contributed by atoms with Crippen LogP contribution in [0.3, 0.4) is 0 Å². The van der Waals surface area contributed by atoms with Gasteiger partial charge in [-0.1, -0.05) is 0 Å². The molecule has 1 aliphatic heterocycles. The van der Waals surface area contributed by atoms with Crippen LogP contribution >= 0.6 is 0 Å². The van der Waals surface area contributed by atoms with E-state index in [-0.39, 0.29) is 30.7 Å². The van der Waals surface area contributed by atoms with Crippen molar-refractivity contribution in [1.29, 1.82) is 0 Å². The van der Waals surface area contributed by atoms with Crippen molar-refractivity contribution in [2.45, 2.75) is 18.9 Å². The smallest absolute Gasteiger partial charge is 0.254 e.